The number of halogens is 2. The largest absolute Gasteiger partial charge is 0.374 e. The third-order valence-electron chi connectivity index (χ3n) is 4.33. The maximum absolute atomic E-state index is 13.6. The highest BCUT2D eigenvalue weighted by Crippen LogP contribution is 2.36. The van der Waals surface area contributed by atoms with Crippen molar-refractivity contribution in [2.24, 2.45) is 5.84 Å². The molecular formula is C16H24BrFN2O. The quantitative estimate of drug-likeness (QED) is 0.601. The minimum absolute atomic E-state index is 0.00792. The van der Waals surface area contributed by atoms with Crippen LogP contribution in [0.5, 0.6) is 0 Å². The molecule has 0 spiro atoms. The summed E-state index contributed by atoms with van der Waals surface area (Å²) in [4.78, 5) is 0. The Bertz CT molecular complexity index is 438. The second-order valence-corrected chi connectivity index (χ2v) is 6.68. The summed E-state index contributed by atoms with van der Waals surface area (Å²) >= 11 is 3.34. The van der Waals surface area contributed by atoms with Gasteiger partial charge in [0, 0.05) is 11.1 Å². The molecule has 0 radical (unpaired) electrons. The van der Waals surface area contributed by atoms with Crippen LogP contribution in [0.4, 0.5) is 4.39 Å². The molecule has 1 fully saturated rings. The maximum atomic E-state index is 13.6. The summed E-state index contributed by atoms with van der Waals surface area (Å²) in [5.41, 5.74) is 3.61. The normalized spacial score (nSPS) is 19.4. The van der Waals surface area contributed by atoms with Crippen LogP contribution in [-0.2, 0) is 11.2 Å². The van der Waals surface area contributed by atoms with Gasteiger partial charge < -0.3 is 4.74 Å². The molecule has 0 saturated heterocycles. The van der Waals surface area contributed by atoms with Crippen LogP contribution in [0.3, 0.4) is 0 Å². The first-order valence-electron chi connectivity index (χ1n) is 7.64. The summed E-state index contributed by atoms with van der Waals surface area (Å²) in [6, 6.07) is 4.97. The number of ether oxygens (including phenoxy) is 1. The van der Waals surface area contributed by atoms with E-state index in [0.29, 0.717) is 13.0 Å². The number of hydrogen-bond donors (Lipinski definition) is 2. The van der Waals surface area contributed by atoms with Crippen molar-refractivity contribution in [1.29, 1.82) is 0 Å². The van der Waals surface area contributed by atoms with Crippen LogP contribution >= 0.6 is 15.9 Å². The van der Waals surface area contributed by atoms with Gasteiger partial charge in [-0.3, -0.25) is 11.3 Å². The molecule has 1 atom stereocenters. The second kappa shape index (κ2) is 7.68. The van der Waals surface area contributed by atoms with E-state index in [1.165, 1.54) is 12.5 Å². The topological polar surface area (TPSA) is 47.3 Å². The van der Waals surface area contributed by atoms with Crippen molar-refractivity contribution >= 4 is 15.9 Å². The number of nitrogens with one attached hydrogen (secondary N) is 1. The van der Waals surface area contributed by atoms with Gasteiger partial charge in [-0.15, -0.1) is 0 Å². The number of benzene rings is 1. The van der Waals surface area contributed by atoms with Gasteiger partial charge in [-0.05, 0) is 49.9 Å². The van der Waals surface area contributed by atoms with Crippen LogP contribution in [0.1, 0.15) is 44.6 Å². The van der Waals surface area contributed by atoms with E-state index in [4.69, 9.17) is 10.6 Å². The van der Waals surface area contributed by atoms with Gasteiger partial charge in [-0.2, -0.15) is 0 Å². The molecule has 21 heavy (non-hydrogen) atoms. The predicted molar refractivity (Wildman–Crippen MR) is 86.4 cm³/mol. The van der Waals surface area contributed by atoms with Crippen LogP contribution in [0.25, 0.3) is 0 Å². The summed E-state index contributed by atoms with van der Waals surface area (Å²) in [7, 11) is 0. The Morgan fingerprint density at radius 3 is 2.62 bits per heavy atom. The SMILES string of the molecule is CCOC1(C(Cc2cc(F)cc(Br)c2)NN)CCCCC1. The van der Waals surface area contributed by atoms with E-state index >= 15 is 0 Å². The van der Waals surface area contributed by atoms with E-state index < -0.39 is 0 Å². The fraction of sp³-hybridized carbons (Fsp3) is 0.625. The molecule has 1 unspecified atom stereocenters. The zero-order chi connectivity index (χ0) is 15.3. The Balaban J connectivity index is 2.19. The van der Waals surface area contributed by atoms with Crippen molar-refractivity contribution in [2.75, 3.05) is 6.61 Å². The minimum atomic E-state index is -0.236. The first-order valence-corrected chi connectivity index (χ1v) is 8.44. The molecule has 0 bridgehead atoms. The first kappa shape index (κ1) is 16.9. The lowest BCUT2D eigenvalue weighted by molar-refractivity contribution is -0.0898. The van der Waals surface area contributed by atoms with Crippen molar-refractivity contribution in [1.82, 2.24) is 5.43 Å². The van der Waals surface area contributed by atoms with Gasteiger partial charge in [0.1, 0.15) is 5.82 Å². The Morgan fingerprint density at radius 2 is 2.05 bits per heavy atom. The number of hydrogen-bond acceptors (Lipinski definition) is 3. The van der Waals surface area contributed by atoms with Crippen LogP contribution in [0.2, 0.25) is 0 Å². The van der Waals surface area contributed by atoms with Crippen molar-refractivity contribution in [3.63, 3.8) is 0 Å². The second-order valence-electron chi connectivity index (χ2n) is 5.76. The van der Waals surface area contributed by atoms with Crippen molar-refractivity contribution in [2.45, 2.75) is 57.1 Å². The molecule has 1 aromatic carbocycles. The molecule has 118 valence electrons. The highest BCUT2D eigenvalue weighted by molar-refractivity contribution is 9.10. The zero-order valence-electron chi connectivity index (χ0n) is 12.5. The fourth-order valence-corrected chi connectivity index (χ4v) is 3.91. The molecule has 0 aliphatic heterocycles. The lowest BCUT2D eigenvalue weighted by Crippen LogP contribution is -2.57. The molecule has 2 rings (SSSR count). The predicted octanol–water partition coefficient (Wildman–Crippen LogP) is 3.70. The number of hydrazine groups is 1. The molecule has 0 heterocycles. The molecule has 3 nitrogen and oxygen atoms in total. The number of nitrogens with two attached hydrogens (primary N) is 1. The Kier molecular flexibility index (Phi) is 6.17. The average Bonchev–Trinajstić information content (AvgIpc) is 2.45. The van der Waals surface area contributed by atoms with E-state index in [0.717, 1.165) is 35.7 Å². The van der Waals surface area contributed by atoms with Crippen LogP contribution in [0.15, 0.2) is 22.7 Å². The van der Waals surface area contributed by atoms with Gasteiger partial charge in [-0.25, -0.2) is 4.39 Å². The van der Waals surface area contributed by atoms with E-state index in [9.17, 15) is 4.39 Å². The van der Waals surface area contributed by atoms with Gasteiger partial charge in [0.25, 0.3) is 0 Å². The minimum Gasteiger partial charge on any atom is -0.374 e. The lowest BCUT2D eigenvalue weighted by atomic mass is 9.77. The van der Waals surface area contributed by atoms with Gasteiger partial charge in [0.15, 0.2) is 0 Å². The average molecular weight is 359 g/mol. The maximum Gasteiger partial charge on any atom is 0.124 e. The molecule has 1 aromatic rings. The van der Waals surface area contributed by atoms with Gasteiger partial charge in [0.2, 0.25) is 0 Å². The summed E-state index contributed by atoms with van der Waals surface area (Å²) in [6.07, 6.45) is 6.24. The Labute approximate surface area is 134 Å². The van der Waals surface area contributed by atoms with E-state index in [1.807, 2.05) is 13.0 Å². The highest BCUT2D eigenvalue weighted by atomic mass is 79.9. The number of rotatable bonds is 6. The van der Waals surface area contributed by atoms with E-state index in [-0.39, 0.29) is 17.5 Å². The van der Waals surface area contributed by atoms with Crippen LogP contribution in [0, 0.1) is 5.82 Å². The van der Waals surface area contributed by atoms with Crippen molar-refractivity contribution < 1.29 is 9.13 Å². The molecule has 5 heteroatoms. The molecule has 0 amide bonds. The van der Waals surface area contributed by atoms with Crippen LogP contribution in [-0.4, -0.2) is 18.2 Å². The molecule has 1 aliphatic rings. The van der Waals surface area contributed by atoms with Crippen LogP contribution < -0.4 is 11.3 Å². The van der Waals surface area contributed by atoms with Gasteiger partial charge in [0.05, 0.1) is 11.6 Å². The van der Waals surface area contributed by atoms with E-state index in [2.05, 4.69) is 21.4 Å². The fourth-order valence-electron chi connectivity index (χ4n) is 3.39. The third kappa shape index (κ3) is 4.25. The molecule has 3 N–H and O–H groups in total. The monoisotopic (exact) mass is 358 g/mol. The summed E-state index contributed by atoms with van der Waals surface area (Å²) in [5.74, 6) is 5.58. The zero-order valence-corrected chi connectivity index (χ0v) is 14.1. The van der Waals surface area contributed by atoms with Crippen molar-refractivity contribution in [3.8, 4) is 0 Å². The standard InChI is InChI=1S/C16H24BrFN2O/c1-2-21-16(6-4-3-5-7-16)15(20-19)10-12-8-13(17)11-14(18)9-12/h8-9,11,15,20H,2-7,10,19H2,1H3. The van der Waals surface area contributed by atoms with Gasteiger partial charge in [-0.1, -0.05) is 35.2 Å². The Morgan fingerprint density at radius 1 is 1.33 bits per heavy atom. The lowest BCUT2D eigenvalue weighted by Gasteiger charge is -2.43. The summed E-state index contributed by atoms with van der Waals surface area (Å²) in [6.45, 7) is 2.69. The first-order chi connectivity index (χ1) is 10.1. The smallest absolute Gasteiger partial charge is 0.124 e. The highest BCUT2D eigenvalue weighted by Gasteiger charge is 2.40. The molecule has 0 aromatic heterocycles. The van der Waals surface area contributed by atoms with E-state index in [1.54, 1.807) is 6.07 Å². The summed E-state index contributed by atoms with van der Waals surface area (Å²) < 4.78 is 20.4. The summed E-state index contributed by atoms with van der Waals surface area (Å²) in [5, 5.41) is 0. The Hall–Kier alpha value is -0.490. The third-order valence-corrected chi connectivity index (χ3v) is 4.79. The molecule has 1 aliphatic carbocycles. The molecule has 1 saturated carbocycles. The molecular weight excluding hydrogens is 335 g/mol. The van der Waals surface area contributed by atoms with Gasteiger partial charge >= 0.3 is 0 Å². The van der Waals surface area contributed by atoms with Crippen molar-refractivity contribution in [3.05, 3.63) is 34.1 Å².